The largest absolute Gasteiger partial charge is 0.478 e. The van der Waals surface area contributed by atoms with E-state index in [2.05, 4.69) is 0 Å². The highest BCUT2D eigenvalue weighted by Crippen LogP contribution is 2.16. The number of carboxylic acids is 2. The molecule has 0 unspecified atom stereocenters. The average molecular weight is 462 g/mol. The Labute approximate surface area is 192 Å². The second-order valence-electron chi connectivity index (χ2n) is 8.71. The number of esters is 2. The third-order valence-electron chi connectivity index (χ3n) is 3.55. The van der Waals surface area contributed by atoms with E-state index in [1.165, 1.54) is 24.3 Å². The second kappa shape index (κ2) is 11.8. The van der Waals surface area contributed by atoms with Crippen molar-refractivity contribution in [2.24, 2.45) is 0 Å². The van der Waals surface area contributed by atoms with Crippen molar-refractivity contribution in [3.05, 3.63) is 70.8 Å². The van der Waals surface area contributed by atoms with Gasteiger partial charge in [0.2, 0.25) is 0 Å². The number of aromatic carboxylic acids is 2. The van der Waals surface area contributed by atoms with Gasteiger partial charge in [-0.25, -0.2) is 19.2 Å². The summed E-state index contributed by atoms with van der Waals surface area (Å²) in [6.07, 6.45) is 0. The summed E-state index contributed by atoms with van der Waals surface area (Å²) in [4.78, 5) is 45.2. The number of carbonyl (C=O) groups is 4. The van der Waals surface area contributed by atoms with Gasteiger partial charge in [-0.1, -0.05) is 24.3 Å². The topological polar surface area (TPSA) is 159 Å². The molecule has 2 aromatic rings. The van der Waals surface area contributed by atoms with E-state index in [9.17, 15) is 19.2 Å². The monoisotopic (exact) mass is 462 g/mol. The Bertz CT molecular complexity index is 914. The Kier molecular flexibility index (Phi) is 10.4. The van der Waals surface area contributed by atoms with Crippen molar-refractivity contribution in [2.75, 3.05) is 0 Å². The molecule has 0 aromatic heterocycles. The Morgan fingerprint density at radius 2 is 0.818 bits per heavy atom. The van der Waals surface area contributed by atoms with Gasteiger partial charge in [0.25, 0.3) is 0 Å². The first-order valence-corrected chi connectivity index (χ1v) is 9.73. The molecule has 0 saturated carbocycles. The van der Waals surface area contributed by atoms with E-state index < -0.39 is 35.1 Å². The van der Waals surface area contributed by atoms with E-state index in [1.54, 1.807) is 65.8 Å². The van der Waals surface area contributed by atoms with Crippen molar-refractivity contribution in [1.29, 1.82) is 0 Å². The summed E-state index contributed by atoms with van der Waals surface area (Å²) in [6.45, 7) is 10.4. The fraction of sp³-hybridized carbons (Fsp3) is 0.333. The first-order valence-electron chi connectivity index (χ1n) is 9.73. The van der Waals surface area contributed by atoms with Gasteiger partial charge < -0.3 is 25.2 Å². The van der Waals surface area contributed by atoms with Gasteiger partial charge in [0.05, 0.1) is 22.3 Å². The van der Waals surface area contributed by atoms with Crippen LogP contribution in [0, 0.1) is 0 Å². The third-order valence-corrected chi connectivity index (χ3v) is 3.55. The Balaban J connectivity index is 0.000000602. The van der Waals surface area contributed by atoms with Crippen molar-refractivity contribution in [1.82, 2.24) is 0 Å². The number of ether oxygens (including phenoxy) is 2. The molecule has 0 spiro atoms. The molecule has 0 heterocycles. The van der Waals surface area contributed by atoms with Gasteiger partial charge in [-0.05, 0) is 65.8 Å². The lowest BCUT2D eigenvalue weighted by molar-refractivity contribution is 0.00548. The van der Waals surface area contributed by atoms with Crippen LogP contribution in [0.1, 0.15) is 83.0 Å². The molecular weight excluding hydrogens is 432 g/mol. The van der Waals surface area contributed by atoms with Crippen LogP contribution in [0.15, 0.2) is 48.5 Å². The zero-order valence-electron chi connectivity index (χ0n) is 19.5. The fourth-order valence-electron chi connectivity index (χ4n) is 2.36. The molecule has 0 aliphatic rings. The molecule has 0 aliphatic carbocycles. The van der Waals surface area contributed by atoms with Crippen LogP contribution in [0.2, 0.25) is 0 Å². The summed E-state index contributed by atoms with van der Waals surface area (Å²) in [5, 5.41) is 17.8. The van der Waals surface area contributed by atoms with Crippen LogP contribution in [-0.2, 0) is 9.47 Å². The van der Waals surface area contributed by atoms with Crippen LogP contribution < -0.4 is 0 Å². The Morgan fingerprint density at radius 1 is 0.576 bits per heavy atom. The van der Waals surface area contributed by atoms with Gasteiger partial charge >= 0.3 is 23.9 Å². The number of carboxylic acid groups (broad SMARTS) is 2. The number of hydrogen-bond donors (Lipinski definition) is 2. The summed E-state index contributed by atoms with van der Waals surface area (Å²) in [6, 6.07) is 12.0. The van der Waals surface area contributed by atoms with E-state index >= 15 is 0 Å². The molecule has 0 radical (unpaired) electrons. The molecule has 0 aliphatic heterocycles. The molecule has 4 N–H and O–H groups in total. The predicted octanol–water partition coefficient (Wildman–Crippen LogP) is 3.86. The summed E-state index contributed by atoms with van der Waals surface area (Å²) < 4.78 is 10.2. The van der Waals surface area contributed by atoms with Gasteiger partial charge in [0.1, 0.15) is 11.2 Å². The highest BCUT2D eigenvalue weighted by Gasteiger charge is 2.23. The van der Waals surface area contributed by atoms with Crippen molar-refractivity contribution < 1.29 is 44.3 Å². The predicted molar refractivity (Wildman–Crippen MR) is 121 cm³/mol. The van der Waals surface area contributed by atoms with Gasteiger partial charge in [0, 0.05) is 0 Å². The molecule has 0 saturated heterocycles. The first-order chi connectivity index (χ1) is 14.6. The highest BCUT2D eigenvalue weighted by molar-refractivity contribution is 6.03. The van der Waals surface area contributed by atoms with Crippen molar-refractivity contribution in [2.45, 2.75) is 52.7 Å². The average Bonchev–Trinajstić information content (AvgIpc) is 2.65. The number of hydrogen-bond acceptors (Lipinski definition) is 6. The van der Waals surface area contributed by atoms with Crippen molar-refractivity contribution >= 4 is 23.9 Å². The normalized spacial score (nSPS) is 10.6. The number of carbonyl (C=O) groups excluding carboxylic acids is 2. The number of rotatable bonds is 4. The minimum Gasteiger partial charge on any atom is -0.478 e. The van der Waals surface area contributed by atoms with E-state index in [1.807, 2.05) is 0 Å². The minimum atomic E-state index is -1.14. The molecular formula is C24H30O9. The summed E-state index contributed by atoms with van der Waals surface area (Å²) in [5.74, 6) is -3.51. The molecule has 2 rings (SSSR count). The lowest BCUT2D eigenvalue weighted by atomic mass is 10.1. The van der Waals surface area contributed by atoms with E-state index in [4.69, 9.17) is 19.7 Å². The maximum absolute atomic E-state index is 11.7. The standard InChI is InChI=1S/2C12H14O4.H2O/c2*1-12(2,3)16-11(15)9-7-5-4-6-8(9)10(13)14;/h2*4-7H,1-3H3,(H,13,14);1H2. The quantitative estimate of drug-likeness (QED) is 0.648. The fourth-order valence-corrected chi connectivity index (χ4v) is 2.36. The van der Waals surface area contributed by atoms with E-state index in [-0.39, 0.29) is 27.7 Å². The smallest absolute Gasteiger partial charge is 0.339 e. The van der Waals surface area contributed by atoms with Crippen LogP contribution >= 0.6 is 0 Å². The minimum absolute atomic E-state index is 0. The highest BCUT2D eigenvalue weighted by atomic mass is 16.6. The molecule has 180 valence electrons. The Morgan fingerprint density at radius 3 is 1.03 bits per heavy atom. The molecule has 0 bridgehead atoms. The van der Waals surface area contributed by atoms with E-state index in [0.29, 0.717) is 0 Å². The molecule has 0 amide bonds. The van der Waals surface area contributed by atoms with Crippen LogP contribution in [0.4, 0.5) is 0 Å². The summed E-state index contributed by atoms with van der Waals surface area (Å²) in [7, 11) is 0. The van der Waals surface area contributed by atoms with Crippen molar-refractivity contribution in [3.8, 4) is 0 Å². The lowest BCUT2D eigenvalue weighted by Crippen LogP contribution is -2.25. The third kappa shape index (κ3) is 9.96. The second-order valence-corrected chi connectivity index (χ2v) is 8.71. The SMILES string of the molecule is CC(C)(C)OC(=O)c1ccccc1C(=O)O.CC(C)(C)OC(=O)c1ccccc1C(=O)O.O. The molecule has 2 aromatic carbocycles. The number of benzene rings is 2. The molecule has 0 atom stereocenters. The van der Waals surface area contributed by atoms with Crippen LogP contribution in [0.25, 0.3) is 0 Å². The van der Waals surface area contributed by atoms with Crippen molar-refractivity contribution in [3.63, 3.8) is 0 Å². The molecule has 9 heteroatoms. The van der Waals surface area contributed by atoms with Crippen LogP contribution in [-0.4, -0.2) is 50.8 Å². The Hall–Kier alpha value is -3.72. The van der Waals surface area contributed by atoms with Gasteiger partial charge in [-0.15, -0.1) is 0 Å². The zero-order chi connectivity index (χ0) is 24.7. The van der Waals surface area contributed by atoms with Crippen LogP contribution in [0.3, 0.4) is 0 Å². The molecule has 9 nitrogen and oxygen atoms in total. The molecule has 33 heavy (non-hydrogen) atoms. The maximum Gasteiger partial charge on any atom is 0.339 e. The summed E-state index contributed by atoms with van der Waals surface area (Å²) in [5.41, 5.74) is -1.21. The van der Waals surface area contributed by atoms with Gasteiger partial charge in [0.15, 0.2) is 0 Å². The first kappa shape index (κ1) is 29.3. The maximum atomic E-state index is 11.7. The zero-order valence-corrected chi connectivity index (χ0v) is 19.5. The molecule has 0 fully saturated rings. The van der Waals surface area contributed by atoms with Gasteiger partial charge in [-0.2, -0.15) is 0 Å². The van der Waals surface area contributed by atoms with Gasteiger partial charge in [-0.3, -0.25) is 0 Å². The van der Waals surface area contributed by atoms with Crippen LogP contribution in [0.5, 0.6) is 0 Å². The lowest BCUT2D eigenvalue weighted by Gasteiger charge is -2.20. The van der Waals surface area contributed by atoms with E-state index in [0.717, 1.165) is 0 Å². The summed E-state index contributed by atoms with van der Waals surface area (Å²) >= 11 is 0.